The largest absolute Gasteiger partial charge is 0.455 e. The van der Waals surface area contributed by atoms with E-state index >= 15 is 0 Å². The number of hydrogen-bond acceptors (Lipinski definition) is 2. The molecule has 1 heterocycles. The minimum Gasteiger partial charge on any atom is -0.455 e. The van der Waals surface area contributed by atoms with Crippen molar-refractivity contribution in [2.45, 2.75) is 13.0 Å². The number of benzene rings is 1. The van der Waals surface area contributed by atoms with Crippen LogP contribution in [0, 0.1) is 11.6 Å². The topological polar surface area (TPSA) is 26.3 Å². The van der Waals surface area contributed by atoms with Crippen LogP contribution in [0.15, 0.2) is 24.3 Å². The van der Waals surface area contributed by atoms with Crippen LogP contribution in [0.3, 0.4) is 0 Å². The lowest BCUT2D eigenvalue weighted by Crippen LogP contribution is -2.03. The lowest BCUT2D eigenvalue weighted by atomic mass is 10.1. The van der Waals surface area contributed by atoms with E-state index in [1.807, 2.05) is 0 Å². The summed E-state index contributed by atoms with van der Waals surface area (Å²) in [5.41, 5.74) is 0.615. The molecule has 4 heteroatoms. The molecular formula is C11H8F2O2. The Morgan fingerprint density at radius 2 is 2.00 bits per heavy atom. The number of cyclic esters (lactones) is 1. The molecule has 0 bridgehead atoms. The highest BCUT2D eigenvalue weighted by Crippen LogP contribution is 2.24. The molecule has 0 fully saturated rings. The fourth-order valence-corrected chi connectivity index (χ4v) is 1.45. The average Bonchev–Trinajstić information content (AvgIpc) is 2.50. The zero-order chi connectivity index (χ0) is 11.0. The molecule has 0 N–H and O–H groups in total. The molecule has 0 aromatic heterocycles. The van der Waals surface area contributed by atoms with Gasteiger partial charge in [0, 0.05) is 0 Å². The van der Waals surface area contributed by atoms with Gasteiger partial charge in [0.2, 0.25) is 0 Å². The maximum atomic E-state index is 12.9. The molecule has 1 unspecified atom stereocenters. The van der Waals surface area contributed by atoms with Gasteiger partial charge in [0.05, 0.1) is 5.57 Å². The van der Waals surface area contributed by atoms with E-state index in [0.717, 1.165) is 12.1 Å². The summed E-state index contributed by atoms with van der Waals surface area (Å²) in [4.78, 5) is 11.3. The van der Waals surface area contributed by atoms with Crippen LogP contribution in [0.25, 0.3) is 5.57 Å². The molecule has 1 aromatic rings. The van der Waals surface area contributed by atoms with Gasteiger partial charge in [-0.05, 0) is 30.7 Å². The number of halogens is 2. The molecule has 1 aliphatic heterocycles. The molecule has 2 nitrogen and oxygen atoms in total. The van der Waals surface area contributed by atoms with E-state index < -0.39 is 17.6 Å². The number of ether oxygens (including phenoxy) is 1. The highest BCUT2D eigenvalue weighted by Gasteiger charge is 2.24. The van der Waals surface area contributed by atoms with Gasteiger partial charge in [0.1, 0.15) is 6.10 Å². The van der Waals surface area contributed by atoms with Crippen molar-refractivity contribution in [3.05, 3.63) is 41.5 Å². The fourth-order valence-electron chi connectivity index (χ4n) is 1.45. The lowest BCUT2D eigenvalue weighted by Gasteiger charge is -2.00. The summed E-state index contributed by atoms with van der Waals surface area (Å²) >= 11 is 0. The van der Waals surface area contributed by atoms with Crippen molar-refractivity contribution in [2.24, 2.45) is 0 Å². The lowest BCUT2D eigenvalue weighted by molar-refractivity contribution is -0.137. The summed E-state index contributed by atoms with van der Waals surface area (Å²) < 4.78 is 30.4. The summed E-state index contributed by atoms with van der Waals surface area (Å²) in [6.45, 7) is 1.70. The van der Waals surface area contributed by atoms with Gasteiger partial charge in [-0.3, -0.25) is 0 Å². The summed E-state index contributed by atoms with van der Waals surface area (Å²) in [5, 5.41) is 0. The highest BCUT2D eigenvalue weighted by molar-refractivity contribution is 6.18. The second kappa shape index (κ2) is 3.46. The van der Waals surface area contributed by atoms with E-state index in [9.17, 15) is 13.6 Å². The Kier molecular flexibility index (Phi) is 2.26. The minimum absolute atomic E-state index is 0.279. The third-order valence-corrected chi connectivity index (χ3v) is 2.14. The molecule has 0 amide bonds. The van der Waals surface area contributed by atoms with Gasteiger partial charge in [0.25, 0.3) is 0 Å². The summed E-state index contributed by atoms with van der Waals surface area (Å²) in [7, 11) is 0. The molecule has 1 aromatic carbocycles. The Morgan fingerprint density at radius 1 is 1.27 bits per heavy atom. The van der Waals surface area contributed by atoms with Gasteiger partial charge >= 0.3 is 5.97 Å². The Bertz CT molecular complexity index is 452. The Labute approximate surface area is 85.2 Å². The van der Waals surface area contributed by atoms with E-state index in [0.29, 0.717) is 5.56 Å². The van der Waals surface area contributed by atoms with Crippen molar-refractivity contribution in [3.63, 3.8) is 0 Å². The fraction of sp³-hybridized carbons (Fsp3) is 0.182. The van der Waals surface area contributed by atoms with Crippen LogP contribution in [0.1, 0.15) is 12.5 Å². The zero-order valence-electron chi connectivity index (χ0n) is 7.96. The summed E-state index contributed by atoms with van der Waals surface area (Å²) in [5.74, 6) is -2.41. The number of hydrogen-bond donors (Lipinski definition) is 0. The predicted molar refractivity (Wildman–Crippen MR) is 49.9 cm³/mol. The van der Waals surface area contributed by atoms with Gasteiger partial charge in [0.15, 0.2) is 11.6 Å². The molecule has 1 aliphatic rings. The van der Waals surface area contributed by atoms with Crippen LogP contribution in [-0.4, -0.2) is 12.1 Å². The molecule has 0 radical (unpaired) electrons. The van der Waals surface area contributed by atoms with Crippen LogP contribution in [0.5, 0.6) is 0 Å². The van der Waals surface area contributed by atoms with Gasteiger partial charge < -0.3 is 4.74 Å². The Hall–Kier alpha value is -1.71. The molecule has 0 saturated carbocycles. The van der Waals surface area contributed by atoms with E-state index in [4.69, 9.17) is 4.74 Å². The first-order valence-corrected chi connectivity index (χ1v) is 4.46. The van der Waals surface area contributed by atoms with E-state index in [1.54, 1.807) is 13.0 Å². The Morgan fingerprint density at radius 3 is 2.53 bits per heavy atom. The number of carbonyl (C=O) groups excluding carboxylic acids is 1. The molecule has 0 saturated heterocycles. The van der Waals surface area contributed by atoms with Gasteiger partial charge in [-0.2, -0.15) is 0 Å². The van der Waals surface area contributed by atoms with Crippen molar-refractivity contribution in [3.8, 4) is 0 Å². The molecule has 0 aliphatic carbocycles. The van der Waals surface area contributed by atoms with E-state index in [1.165, 1.54) is 6.07 Å². The SMILES string of the molecule is CC1C=C(c2ccc(F)c(F)c2)C(=O)O1. The average molecular weight is 210 g/mol. The minimum atomic E-state index is -0.972. The second-order valence-electron chi connectivity index (χ2n) is 3.32. The first kappa shape index (κ1) is 9.83. The molecule has 15 heavy (non-hydrogen) atoms. The van der Waals surface area contributed by atoms with E-state index in [2.05, 4.69) is 0 Å². The van der Waals surface area contributed by atoms with Crippen molar-refractivity contribution < 1.29 is 18.3 Å². The quantitative estimate of drug-likeness (QED) is 0.665. The highest BCUT2D eigenvalue weighted by atomic mass is 19.2. The van der Waals surface area contributed by atoms with Crippen LogP contribution < -0.4 is 0 Å². The molecule has 1 atom stereocenters. The van der Waals surface area contributed by atoms with Crippen molar-refractivity contribution in [2.75, 3.05) is 0 Å². The summed E-state index contributed by atoms with van der Waals surface area (Å²) in [6.07, 6.45) is 1.26. The van der Waals surface area contributed by atoms with Crippen molar-refractivity contribution in [1.82, 2.24) is 0 Å². The number of esters is 1. The standard InChI is InChI=1S/C11H8F2O2/c1-6-4-8(11(14)15-6)7-2-3-9(12)10(13)5-7/h2-6H,1H3. The number of rotatable bonds is 1. The van der Waals surface area contributed by atoms with Gasteiger partial charge in [-0.1, -0.05) is 6.07 Å². The second-order valence-corrected chi connectivity index (χ2v) is 3.32. The maximum absolute atomic E-state index is 12.9. The molecule has 2 rings (SSSR count). The van der Waals surface area contributed by atoms with Crippen LogP contribution >= 0.6 is 0 Å². The third-order valence-electron chi connectivity index (χ3n) is 2.14. The first-order chi connectivity index (χ1) is 7.08. The van der Waals surface area contributed by atoms with Crippen molar-refractivity contribution >= 4 is 11.5 Å². The van der Waals surface area contributed by atoms with Crippen LogP contribution in [0.2, 0.25) is 0 Å². The molecule has 0 spiro atoms. The van der Waals surface area contributed by atoms with Crippen LogP contribution in [-0.2, 0) is 9.53 Å². The first-order valence-electron chi connectivity index (χ1n) is 4.46. The van der Waals surface area contributed by atoms with E-state index in [-0.39, 0.29) is 11.7 Å². The van der Waals surface area contributed by atoms with Gasteiger partial charge in [-0.15, -0.1) is 0 Å². The zero-order valence-corrected chi connectivity index (χ0v) is 7.96. The third kappa shape index (κ3) is 1.75. The number of carbonyl (C=O) groups is 1. The summed E-state index contributed by atoms with van der Waals surface area (Å²) in [6, 6.07) is 3.33. The molecule has 78 valence electrons. The predicted octanol–water partition coefficient (Wildman–Crippen LogP) is 2.29. The normalized spacial score (nSPS) is 20.1. The van der Waals surface area contributed by atoms with Gasteiger partial charge in [-0.25, -0.2) is 13.6 Å². The monoisotopic (exact) mass is 210 g/mol. The van der Waals surface area contributed by atoms with Crippen molar-refractivity contribution in [1.29, 1.82) is 0 Å². The Balaban J connectivity index is 2.42. The van der Waals surface area contributed by atoms with Crippen LogP contribution in [0.4, 0.5) is 8.78 Å². The smallest absolute Gasteiger partial charge is 0.339 e. The molecular weight excluding hydrogens is 202 g/mol. The maximum Gasteiger partial charge on any atom is 0.339 e.